The summed E-state index contributed by atoms with van der Waals surface area (Å²) in [6.45, 7) is 3.13. The third kappa shape index (κ3) is 4.78. The molecule has 0 unspecified atom stereocenters. The first-order valence-electron chi connectivity index (χ1n) is 5.58. The SMILES string of the molecule is CC(C)OCC(=O)Nc1ccc(N)cc1C(F)(F)F. The van der Waals surface area contributed by atoms with E-state index < -0.39 is 17.6 Å². The van der Waals surface area contributed by atoms with E-state index in [2.05, 4.69) is 5.32 Å². The molecule has 19 heavy (non-hydrogen) atoms. The van der Waals surface area contributed by atoms with Crippen LogP contribution < -0.4 is 11.1 Å². The topological polar surface area (TPSA) is 64.3 Å². The zero-order valence-corrected chi connectivity index (χ0v) is 10.5. The van der Waals surface area contributed by atoms with Crippen LogP contribution in [0, 0.1) is 0 Å². The summed E-state index contributed by atoms with van der Waals surface area (Å²) in [5, 5.41) is 2.16. The predicted octanol–water partition coefficient (Wildman–Crippen LogP) is 2.65. The Hall–Kier alpha value is -1.76. The van der Waals surface area contributed by atoms with Crippen LogP contribution in [0.3, 0.4) is 0 Å². The van der Waals surface area contributed by atoms with Gasteiger partial charge >= 0.3 is 6.18 Å². The van der Waals surface area contributed by atoms with E-state index in [4.69, 9.17) is 10.5 Å². The third-order valence-electron chi connectivity index (χ3n) is 2.17. The third-order valence-corrected chi connectivity index (χ3v) is 2.17. The number of hydrogen-bond donors (Lipinski definition) is 2. The highest BCUT2D eigenvalue weighted by atomic mass is 19.4. The maximum absolute atomic E-state index is 12.8. The Morgan fingerprint density at radius 2 is 2.05 bits per heavy atom. The molecule has 1 aromatic carbocycles. The predicted molar refractivity (Wildman–Crippen MR) is 65.6 cm³/mol. The average Bonchev–Trinajstić information content (AvgIpc) is 2.27. The minimum atomic E-state index is -4.59. The van der Waals surface area contributed by atoms with E-state index in [9.17, 15) is 18.0 Å². The molecule has 0 atom stereocenters. The van der Waals surface area contributed by atoms with E-state index in [1.54, 1.807) is 13.8 Å². The lowest BCUT2D eigenvalue weighted by atomic mass is 10.1. The lowest BCUT2D eigenvalue weighted by molar-refractivity contribution is -0.137. The Morgan fingerprint density at radius 3 is 2.58 bits per heavy atom. The van der Waals surface area contributed by atoms with Crippen LogP contribution >= 0.6 is 0 Å². The number of hydrogen-bond acceptors (Lipinski definition) is 3. The van der Waals surface area contributed by atoms with Gasteiger partial charge in [0.2, 0.25) is 5.91 Å². The molecule has 1 amide bonds. The van der Waals surface area contributed by atoms with Gasteiger partial charge in [-0.05, 0) is 32.0 Å². The molecule has 4 nitrogen and oxygen atoms in total. The number of ether oxygens (including phenoxy) is 1. The standard InChI is InChI=1S/C12H15F3N2O2/c1-7(2)19-6-11(18)17-10-4-3-8(16)5-9(10)12(13,14)15/h3-5,7H,6,16H2,1-2H3,(H,17,18). The fourth-order valence-electron chi connectivity index (χ4n) is 1.33. The molecule has 0 aliphatic rings. The number of benzene rings is 1. The van der Waals surface area contributed by atoms with E-state index in [0.717, 1.165) is 12.1 Å². The number of alkyl halides is 3. The molecule has 0 fully saturated rings. The molecule has 0 radical (unpaired) electrons. The van der Waals surface area contributed by atoms with Gasteiger partial charge in [0, 0.05) is 5.69 Å². The van der Waals surface area contributed by atoms with Gasteiger partial charge in [0.1, 0.15) is 6.61 Å². The van der Waals surface area contributed by atoms with Crippen LogP contribution in [0.1, 0.15) is 19.4 Å². The van der Waals surface area contributed by atoms with Crippen molar-refractivity contribution >= 4 is 17.3 Å². The van der Waals surface area contributed by atoms with Crippen LogP contribution in [-0.4, -0.2) is 18.6 Å². The maximum atomic E-state index is 12.8. The van der Waals surface area contributed by atoms with Crippen molar-refractivity contribution in [2.24, 2.45) is 0 Å². The summed E-state index contributed by atoms with van der Waals surface area (Å²) >= 11 is 0. The maximum Gasteiger partial charge on any atom is 0.418 e. The molecule has 0 bridgehead atoms. The molecule has 1 rings (SSSR count). The van der Waals surface area contributed by atoms with E-state index >= 15 is 0 Å². The number of carbonyl (C=O) groups excluding carboxylic acids is 1. The molecule has 0 heterocycles. The number of amides is 1. The van der Waals surface area contributed by atoms with Crippen molar-refractivity contribution in [2.75, 3.05) is 17.7 Å². The van der Waals surface area contributed by atoms with Gasteiger partial charge in [-0.25, -0.2) is 0 Å². The monoisotopic (exact) mass is 276 g/mol. The highest BCUT2D eigenvalue weighted by Gasteiger charge is 2.34. The number of rotatable bonds is 4. The van der Waals surface area contributed by atoms with E-state index in [1.807, 2.05) is 0 Å². The van der Waals surface area contributed by atoms with Crippen molar-refractivity contribution < 1.29 is 22.7 Å². The first kappa shape index (κ1) is 15.3. The molecule has 1 aromatic rings. The van der Waals surface area contributed by atoms with Crippen LogP contribution in [-0.2, 0) is 15.7 Å². The van der Waals surface area contributed by atoms with Gasteiger partial charge in [0.05, 0.1) is 17.4 Å². The van der Waals surface area contributed by atoms with E-state index in [1.165, 1.54) is 6.07 Å². The lowest BCUT2D eigenvalue weighted by Crippen LogP contribution is -2.22. The molecule has 0 aromatic heterocycles. The van der Waals surface area contributed by atoms with Gasteiger partial charge in [-0.15, -0.1) is 0 Å². The minimum absolute atomic E-state index is 0.0243. The summed E-state index contributed by atoms with van der Waals surface area (Å²) in [4.78, 5) is 11.4. The normalized spacial score (nSPS) is 11.7. The van der Waals surface area contributed by atoms with Gasteiger partial charge < -0.3 is 15.8 Å². The summed E-state index contributed by atoms with van der Waals surface area (Å²) in [5.41, 5.74) is 3.98. The van der Waals surface area contributed by atoms with Gasteiger partial charge in [0.25, 0.3) is 0 Å². The molecule has 7 heteroatoms. The number of nitrogen functional groups attached to an aromatic ring is 1. The molecule has 106 valence electrons. The molecular formula is C12H15F3N2O2. The molecule has 0 aliphatic carbocycles. The van der Waals surface area contributed by atoms with Gasteiger partial charge in [-0.3, -0.25) is 4.79 Å². The second-order valence-corrected chi connectivity index (χ2v) is 4.21. The number of carbonyl (C=O) groups is 1. The Kier molecular flexibility index (Phi) is 4.77. The van der Waals surface area contributed by atoms with Crippen molar-refractivity contribution in [1.82, 2.24) is 0 Å². The zero-order chi connectivity index (χ0) is 14.6. The molecule has 0 spiro atoms. The smallest absolute Gasteiger partial charge is 0.399 e. The van der Waals surface area contributed by atoms with Crippen LogP contribution in [0.25, 0.3) is 0 Å². The van der Waals surface area contributed by atoms with E-state index in [0.29, 0.717) is 0 Å². The number of nitrogens with one attached hydrogen (secondary N) is 1. The van der Waals surface area contributed by atoms with Crippen LogP contribution in [0.2, 0.25) is 0 Å². The molecule has 0 saturated carbocycles. The molecular weight excluding hydrogens is 261 g/mol. The van der Waals surface area contributed by atoms with Crippen molar-refractivity contribution in [1.29, 1.82) is 0 Å². The average molecular weight is 276 g/mol. The minimum Gasteiger partial charge on any atom is -0.399 e. The Bertz CT molecular complexity index is 459. The van der Waals surface area contributed by atoms with Crippen molar-refractivity contribution in [3.8, 4) is 0 Å². The van der Waals surface area contributed by atoms with Crippen LogP contribution in [0.5, 0.6) is 0 Å². The summed E-state index contributed by atoms with van der Waals surface area (Å²) in [5.74, 6) is -0.649. The first-order valence-corrected chi connectivity index (χ1v) is 5.58. The van der Waals surface area contributed by atoms with Gasteiger partial charge in [0.15, 0.2) is 0 Å². The summed E-state index contributed by atoms with van der Waals surface area (Å²) in [6, 6.07) is 3.18. The highest BCUT2D eigenvalue weighted by Crippen LogP contribution is 2.35. The molecule has 0 saturated heterocycles. The Morgan fingerprint density at radius 1 is 1.42 bits per heavy atom. The number of halogens is 3. The Balaban J connectivity index is 2.86. The van der Waals surface area contributed by atoms with E-state index in [-0.39, 0.29) is 24.1 Å². The zero-order valence-electron chi connectivity index (χ0n) is 10.5. The summed E-state index contributed by atoms with van der Waals surface area (Å²) in [7, 11) is 0. The fraction of sp³-hybridized carbons (Fsp3) is 0.417. The first-order chi connectivity index (χ1) is 8.70. The van der Waals surface area contributed by atoms with Crippen molar-refractivity contribution in [3.63, 3.8) is 0 Å². The summed E-state index contributed by atoms with van der Waals surface area (Å²) in [6.07, 6.45) is -4.77. The molecule has 3 N–H and O–H groups in total. The lowest BCUT2D eigenvalue weighted by Gasteiger charge is -2.15. The highest BCUT2D eigenvalue weighted by molar-refractivity contribution is 5.92. The molecule has 0 aliphatic heterocycles. The largest absolute Gasteiger partial charge is 0.418 e. The summed E-state index contributed by atoms with van der Waals surface area (Å²) < 4.78 is 43.3. The van der Waals surface area contributed by atoms with Gasteiger partial charge in [-0.2, -0.15) is 13.2 Å². The second kappa shape index (κ2) is 5.92. The fourth-order valence-corrected chi connectivity index (χ4v) is 1.33. The van der Waals surface area contributed by atoms with Crippen LogP contribution in [0.15, 0.2) is 18.2 Å². The Labute approximate surface area is 108 Å². The van der Waals surface area contributed by atoms with Gasteiger partial charge in [-0.1, -0.05) is 0 Å². The second-order valence-electron chi connectivity index (χ2n) is 4.21. The number of nitrogens with two attached hydrogens (primary N) is 1. The van der Waals surface area contributed by atoms with Crippen LogP contribution in [0.4, 0.5) is 24.5 Å². The van der Waals surface area contributed by atoms with Crippen molar-refractivity contribution in [2.45, 2.75) is 26.1 Å². The quantitative estimate of drug-likeness (QED) is 0.831. The number of anilines is 2. The van der Waals surface area contributed by atoms with Crippen molar-refractivity contribution in [3.05, 3.63) is 23.8 Å².